The number of para-hydroxylation sites is 1. The molecule has 1 N–H and O–H groups in total. The molecule has 0 aromatic heterocycles. The van der Waals surface area contributed by atoms with E-state index < -0.39 is 0 Å². The van der Waals surface area contributed by atoms with E-state index >= 15 is 0 Å². The minimum Gasteiger partial charge on any atom is -0.278 e. The van der Waals surface area contributed by atoms with Crippen molar-refractivity contribution in [2.24, 2.45) is 5.10 Å². The third-order valence-corrected chi connectivity index (χ3v) is 3.05. The number of fused-ring (bicyclic) bond motifs is 1. The SMILES string of the molecule is c1ccc(N/N=C2/CCc3ccccc32)cc1. The van der Waals surface area contributed by atoms with Crippen molar-refractivity contribution < 1.29 is 0 Å². The van der Waals surface area contributed by atoms with Crippen molar-refractivity contribution in [3.8, 4) is 0 Å². The van der Waals surface area contributed by atoms with Gasteiger partial charge in [-0.3, -0.25) is 5.43 Å². The number of anilines is 1. The van der Waals surface area contributed by atoms with Crippen LogP contribution in [0.25, 0.3) is 0 Å². The summed E-state index contributed by atoms with van der Waals surface area (Å²) in [6.07, 6.45) is 2.13. The molecule has 0 bridgehead atoms. The first-order valence-corrected chi connectivity index (χ1v) is 5.89. The summed E-state index contributed by atoms with van der Waals surface area (Å²) < 4.78 is 0. The van der Waals surface area contributed by atoms with Crippen molar-refractivity contribution in [2.45, 2.75) is 12.8 Å². The number of nitrogens with zero attached hydrogens (tertiary/aromatic N) is 1. The second kappa shape index (κ2) is 4.42. The molecule has 0 fully saturated rings. The molecule has 0 amide bonds. The van der Waals surface area contributed by atoms with Gasteiger partial charge in [0.2, 0.25) is 0 Å². The van der Waals surface area contributed by atoms with Gasteiger partial charge in [0, 0.05) is 5.56 Å². The molecule has 2 heteroatoms. The maximum atomic E-state index is 4.50. The average Bonchev–Trinajstić information content (AvgIpc) is 2.81. The normalized spacial score (nSPS) is 15.9. The Balaban J connectivity index is 1.83. The highest BCUT2D eigenvalue weighted by Gasteiger charge is 2.16. The summed E-state index contributed by atoms with van der Waals surface area (Å²) in [5.41, 5.74) is 8.00. The molecule has 2 aromatic rings. The first kappa shape index (κ1) is 10.1. The maximum Gasteiger partial charge on any atom is 0.0685 e. The smallest absolute Gasteiger partial charge is 0.0685 e. The maximum absolute atomic E-state index is 4.50. The molecular formula is C15H14N2. The van der Waals surface area contributed by atoms with Gasteiger partial charge in [-0.15, -0.1) is 0 Å². The predicted octanol–water partition coefficient (Wildman–Crippen LogP) is 3.45. The molecule has 2 nitrogen and oxygen atoms in total. The molecule has 3 rings (SSSR count). The van der Waals surface area contributed by atoms with E-state index in [2.05, 4.69) is 34.8 Å². The molecule has 0 saturated carbocycles. The number of nitrogens with one attached hydrogen (secondary N) is 1. The first-order valence-electron chi connectivity index (χ1n) is 5.89. The molecule has 0 radical (unpaired) electrons. The van der Waals surface area contributed by atoms with Gasteiger partial charge in [0.05, 0.1) is 11.4 Å². The van der Waals surface area contributed by atoms with E-state index in [-0.39, 0.29) is 0 Å². The fourth-order valence-electron chi connectivity index (χ4n) is 2.17. The van der Waals surface area contributed by atoms with Crippen molar-refractivity contribution >= 4 is 11.4 Å². The summed E-state index contributed by atoms with van der Waals surface area (Å²) in [5.74, 6) is 0. The third kappa shape index (κ3) is 2.07. The lowest BCUT2D eigenvalue weighted by Crippen LogP contribution is -1.99. The second-order valence-electron chi connectivity index (χ2n) is 4.19. The number of hydrogen-bond donors (Lipinski definition) is 1. The fourth-order valence-corrected chi connectivity index (χ4v) is 2.17. The van der Waals surface area contributed by atoms with Crippen LogP contribution < -0.4 is 5.43 Å². The Morgan fingerprint density at radius 3 is 2.47 bits per heavy atom. The Morgan fingerprint density at radius 2 is 1.59 bits per heavy atom. The highest BCUT2D eigenvalue weighted by molar-refractivity contribution is 6.04. The quantitative estimate of drug-likeness (QED) is 0.773. The molecule has 0 atom stereocenters. The monoisotopic (exact) mass is 222 g/mol. The lowest BCUT2D eigenvalue weighted by atomic mass is 10.1. The van der Waals surface area contributed by atoms with E-state index in [1.54, 1.807) is 0 Å². The highest BCUT2D eigenvalue weighted by Crippen LogP contribution is 2.22. The molecule has 17 heavy (non-hydrogen) atoms. The van der Waals surface area contributed by atoms with Crippen LogP contribution >= 0.6 is 0 Å². The van der Waals surface area contributed by atoms with Crippen LogP contribution in [0.4, 0.5) is 5.69 Å². The Bertz CT molecular complexity index is 544. The van der Waals surface area contributed by atoms with Crippen molar-refractivity contribution in [2.75, 3.05) is 5.43 Å². The fraction of sp³-hybridized carbons (Fsp3) is 0.133. The van der Waals surface area contributed by atoms with Gasteiger partial charge in [-0.25, -0.2) is 0 Å². The number of hydrazone groups is 1. The first-order chi connectivity index (χ1) is 8.43. The van der Waals surface area contributed by atoms with Crippen LogP contribution in [-0.2, 0) is 6.42 Å². The Morgan fingerprint density at radius 1 is 0.824 bits per heavy atom. The summed E-state index contributed by atoms with van der Waals surface area (Å²) in [4.78, 5) is 0. The summed E-state index contributed by atoms with van der Waals surface area (Å²) in [5, 5.41) is 4.50. The molecule has 0 unspecified atom stereocenters. The van der Waals surface area contributed by atoms with Crippen LogP contribution in [0.3, 0.4) is 0 Å². The van der Waals surface area contributed by atoms with Gasteiger partial charge < -0.3 is 0 Å². The van der Waals surface area contributed by atoms with Crippen molar-refractivity contribution in [3.05, 3.63) is 65.7 Å². The van der Waals surface area contributed by atoms with Gasteiger partial charge >= 0.3 is 0 Å². The van der Waals surface area contributed by atoms with Crippen molar-refractivity contribution in [1.29, 1.82) is 0 Å². The van der Waals surface area contributed by atoms with Crippen molar-refractivity contribution in [3.63, 3.8) is 0 Å². The summed E-state index contributed by atoms with van der Waals surface area (Å²) in [6, 6.07) is 18.5. The summed E-state index contributed by atoms with van der Waals surface area (Å²) in [6.45, 7) is 0. The van der Waals surface area contributed by atoms with E-state index in [0.29, 0.717) is 0 Å². The second-order valence-corrected chi connectivity index (χ2v) is 4.19. The zero-order valence-electron chi connectivity index (χ0n) is 9.56. The predicted molar refractivity (Wildman–Crippen MR) is 71.4 cm³/mol. The van der Waals surface area contributed by atoms with Gasteiger partial charge in [0.15, 0.2) is 0 Å². The molecule has 0 heterocycles. The lowest BCUT2D eigenvalue weighted by molar-refractivity contribution is 1.09. The van der Waals surface area contributed by atoms with Gasteiger partial charge in [0.25, 0.3) is 0 Å². The Labute approximate surface area is 101 Å². The zero-order chi connectivity index (χ0) is 11.5. The molecular weight excluding hydrogens is 208 g/mol. The standard InChI is InChI=1S/C15H14N2/c1-2-7-13(8-3-1)16-17-15-11-10-12-6-4-5-9-14(12)15/h1-9,16H,10-11H2/b17-15-. The van der Waals surface area contributed by atoms with Crippen LogP contribution in [-0.4, -0.2) is 5.71 Å². The number of benzene rings is 2. The van der Waals surface area contributed by atoms with Gasteiger partial charge in [0.1, 0.15) is 0 Å². The van der Waals surface area contributed by atoms with E-state index in [0.717, 1.165) is 24.2 Å². The van der Waals surface area contributed by atoms with Crippen LogP contribution in [0.5, 0.6) is 0 Å². The van der Waals surface area contributed by atoms with E-state index in [4.69, 9.17) is 0 Å². The molecule has 1 aliphatic carbocycles. The Hall–Kier alpha value is -2.09. The van der Waals surface area contributed by atoms with Gasteiger partial charge in [-0.2, -0.15) is 5.10 Å². The number of rotatable bonds is 2. The van der Waals surface area contributed by atoms with E-state index in [9.17, 15) is 0 Å². The van der Waals surface area contributed by atoms with E-state index in [1.165, 1.54) is 11.1 Å². The highest BCUT2D eigenvalue weighted by atomic mass is 15.3. The van der Waals surface area contributed by atoms with Crippen LogP contribution in [0.1, 0.15) is 17.5 Å². The minimum absolute atomic E-state index is 1.03. The summed E-state index contributed by atoms with van der Waals surface area (Å²) >= 11 is 0. The largest absolute Gasteiger partial charge is 0.278 e. The number of aryl methyl sites for hydroxylation is 1. The molecule has 1 aliphatic rings. The van der Waals surface area contributed by atoms with Crippen molar-refractivity contribution in [1.82, 2.24) is 0 Å². The average molecular weight is 222 g/mol. The third-order valence-electron chi connectivity index (χ3n) is 3.05. The van der Waals surface area contributed by atoms with E-state index in [1.807, 2.05) is 30.3 Å². The number of hydrogen-bond acceptors (Lipinski definition) is 2. The van der Waals surface area contributed by atoms with Gasteiger partial charge in [-0.1, -0.05) is 42.5 Å². The Kier molecular flexibility index (Phi) is 2.62. The van der Waals surface area contributed by atoms with Crippen LogP contribution in [0.2, 0.25) is 0 Å². The lowest BCUT2D eigenvalue weighted by Gasteiger charge is -2.02. The summed E-state index contributed by atoms with van der Waals surface area (Å²) in [7, 11) is 0. The molecule has 0 spiro atoms. The zero-order valence-corrected chi connectivity index (χ0v) is 9.56. The molecule has 2 aromatic carbocycles. The molecule has 0 saturated heterocycles. The molecule has 0 aliphatic heterocycles. The van der Waals surface area contributed by atoms with Crippen LogP contribution in [0.15, 0.2) is 59.7 Å². The van der Waals surface area contributed by atoms with Crippen LogP contribution in [0, 0.1) is 0 Å². The topological polar surface area (TPSA) is 24.4 Å². The molecule has 84 valence electrons. The van der Waals surface area contributed by atoms with Gasteiger partial charge in [-0.05, 0) is 30.5 Å². The minimum atomic E-state index is 1.03.